The van der Waals surface area contributed by atoms with Gasteiger partial charge < -0.3 is 20.3 Å². The molecule has 2 heterocycles. The summed E-state index contributed by atoms with van der Waals surface area (Å²) in [4.78, 5) is 24.1. The molecule has 1 unspecified atom stereocenters. The van der Waals surface area contributed by atoms with Gasteiger partial charge >= 0.3 is 0 Å². The second-order valence-corrected chi connectivity index (χ2v) is 9.93. The summed E-state index contributed by atoms with van der Waals surface area (Å²) in [6.45, 7) is 4.53. The number of amides is 1. The number of likely N-dealkylation sites (tertiary alicyclic amines) is 1. The summed E-state index contributed by atoms with van der Waals surface area (Å²) in [5.41, 5.74) is 4.62. The minimum Gasteiger partial charge on any atom is -0.490 e. The van der Waals surface area contributed by atoms with Gasteiger partial charge in [0.2, 0.25) is 5.95 Å². The fourth-order valence-corrected chi connectivity index (χ4v) is 4.91. The van der Waals surface area contributed by atoms with Gasteiger partial charge in [-0.3, -0.25) is 4.79 Å². The highest BCUT2D eigenvalue weighted by Gasteiger charge is 2.19. The van der Waals surface area contributed by atoms with Crippen LogP contribution in [0.2, 0.25) is 0 Å². The number of hydrogen-bond donors (Lipinski definition) is 2. The Hall–Kier alpha value is -4.04. The molecule has 3 aromatic carbocycles. The molecule has 1 fully saturated rings. The van der Waals surface area contributed by atoms with Crippen molar-refractivity contribution in [3.63, 3.8) is 0 Å². The molecular formula is C30H32FN5O2. The predicted octanol–water partition coefficient (Wildman–Crippen LogP) is 5.76. The molecule has 0 bridgehead atoms. The van der Waals surface area contributed by atoms with Crippen molar-refractivity contribution in [3.05, 3.63) is 77.7 Å². The summed E-state index contributed by atoms with van der Waals surface area (Å²) in [6.07, 6.45) is 3.99. The van der Waals surface area contributed by atoms with Crippen molar-refractivity contribution in [1.29, 1.82) is 0 Å². The summed E-state index contributed by atoms with van der Waals surface area (Å²) < 4.78 is 20.5. The fourth-order valence-electron chi connectivity index (χ4n) is 4.91. The van der Waals surface area contributed by atoms with Gasteiger partial charge in [0.1, 0.15) is 0 Å². The van der Waals surface area contributed by atoms with Crippen LogP contribution < -0.4 is 15.4 Å². The van der Waals surface area contributed by atoms with Crippen molar-refractivity contribution < 1.29 is 13.9 Å². The van der Waals surface area contributed by atoms with Crippen molar-refractivity contribution >= 4 is 28.4 Å². The predicted molar refractivity (Wildman–Crippen MR) is 149 cm³/mol. The zero-order valence-electron chi connectivity index (χ0n) is 21.9. The molecule has 1 atom stereocenters. The molecule has 4 aromatic rings. The van der Waals surface area contributed by atoms with E-state index in [1.807, 2.05) is 37.3 Å². The van der Waals surface area contributed by atoms with E-state index in [2.05, 4.69) is 32.5 Å². The molecule has 196 valence electrons. The molecule has 1 aromatic heterocycles. The molecule has 0 aliphatic carbocycles. The molecule has 0 saturated carbocycles. The Morgan fingerprint density at radius 1 is 1.16 bits per heavy atom. The van der Waals surface area contributed by atoms with Gasteiger partial charge in [-0.25, -0.2) is 14.4 Å². The van der Waals surface area contributed by atoms with E-state index in [-0.39, 0.29) is 11.7 Å². The number of fused-ring (bicyclic) bond motifs is 1. The molecule has 8 heteroatoms. The third-order valence-electron chi connectivity index (χ3n) is 7.00. The highest BCUT2D eigenvalue weighted by molar-refractivity contribution is 6.05. The maximum absolute atomic E-state index is 14.7. The minimum atomic E-state index is -0.489. The van der Waals surface area contributed by atoms with Gasteiger partial charge in [0.25, 0.3) is 5.91 Å². The normalized spacial score (nSPS) is 15.8. The van der Waals surface area contributed by atoms with Crippen LogP contribution in [-0.2, 0) is 0 Å². The summed E-state index contributed by atoms with van der Waals surface area (Å²) in [5, 5.41) is 6.66. The SMILES string of the molecule is CNc1ncc2cc(-c3cc(C(=O)Nc4ccc(OCC5CCCN(C)C5)c(F)c4)ccc3C)ccc2n1. The van der Waals surface area contributed by atoms with E-state index in [0.29, 0.717) is 29.7 Å². The highest BCUT2D eigenvalue weighted by Crippen LogP contribution is 2.29. The third kappa shape index (κ3) is 5.75. The average molecular weight is 514 g/mol. The highest BCUT2D eigenvalue weighted by atomic mass is 19.1. The molecule has 0 radical (unpaired) electrons. The maximum Gasteiger partial charge on any atom is 0.255 e. The number of anilines is 2. The van der Waals surface area contributed by atoms with E-state index in [1.54, 1.807) is 31.4 Å². The molecule has 5 rings (SSSR count). The number of halogens is 1. The van der Waals surface area contributed by atoms with Gasteiger partial charge in [-0.2, -0.15) is 0 Å². The van der Waals surface area contributed by atoms with Gasteiger partial charge in [0, 0.05) is 48.4 Å². The lowest BCUT2D eigenvalue weighted by Gasteiger charge is -2.29. The maximum atomic E-state index is 14.7. The summed E-state index contributed by atoms with van der Waals surface area (Å²) in [5.74, 6) is 0.358. The number of benzene rings is 3. The van der Waals surface area contributed by atoms with Crippen molar-refractivity contribution in [2.24, 2.45) is 5.92 Å². The molecule has 7 nitrogen and oxygen atoms in total. The van der Waals surface area contributed by atoms with Crippen LogP contribution in [-0.4, -0.2) is 54.6 Å². The number of aromatic nitrogens is 2. The molecule has 1 amide bonds. The number of rotatable bonds is 7. The van der Waals surface area contributed by atoms with Crippen molar-refractivity contribution in [2.75, 3.05) is 44.4 Å². The third-order valence-corrected chi connectivity index (χ3v) is 7.00. The minimum absolute atomic E-state index is 0.205. The van der Waals surface area contributed by atoms with Crippen LogP contribution in [0.5, 0.6) is 5.75 Å². The molecule has 1 saturated heterocycles. The van der Waals surface area contributed by atoms with E-state index in [9.17, 15) is 9.18 Å². The van der Waals surface area contributed by atoms with Crippen LogP contribution in [0.1, 0.15) is 28.8 Å². The van der Waals surface area contributed by atoms with Crippen LogP contribution in [0, 0.1) is 18.7 Å². The van der Waals surface area contributed by atoms with E-state index < -0.39 is 5.82 Å². The van der Waals surface area contributed by atoms with E-state index in [0.717, 1.165) is 53.5 Å². The quantitative estimate of drug-likeness (QED) is 0.327. The van der Waals surface area contributed by atoms with Gasteiger partial charge in [-0.1, -0.05) is 12.1 Å². The first-order chi connectivity index (χ1) is 18.4. The first-order valence-corrected chi connectivity index (χ1v) is 12.9. The summed E-state index contributed by atoms with van der Waals surface area (Å²) in [6, 6.07) is 16.0. The number of ether oxygens (including phenoxy) is 1. The van der Waals surface area contributed by atoms with Gasteiger partial charge in [0.15, 0.2) is 11.6 Å². The van der Waals surface area contributed by atoms with Crippen molar-refractivity contribution in [2.45, 2.75) is 19.8 Å². The van der Waals surface area contributed by atoms with Crippen LogP contribution in [0.25, 0.3) is 22.0 Å². The second-order valence-electron chi connectivity index (χ2n) is 9.93. The number of aryl methyl sites for hydroxylation is 1. The van der Waals surface area contributed by atoms with Crippen LogP contribution in [0.15, 0.2) is 60.8 Å². The average Bonchev–Trinajstić information content (AvgIpc) is 2.92. The lowest BCUT2D eigenvalue weighted by molar-refractivity contribution is 0.102. The largest absolute Gasteiger partial charge is 0.490 e. The van der Waals surface area contributed by atoms with Crippen molar-refractivity contribution in [3.8, 4) is 16.9 Å². The first kappa shape index (κ1) is 25.6. The van der Waals surface area contributed by atoms with Gasteiger partial charge in [0.05, 0.1) is 12.1 Å². The number of nitrogens with zero attached hydrogens (tertiary/aromatic N) is 3. The Balaban J connectivity index is 1.29. The first-order valence-electron chi connectivity index (χ1n) is 12.9. The zero-order chi connectivity index (χ0) is 26.6. The topological polar surface area (TPSA) is 79.4 Å². The smallest absolute Gasteiger partial charge is 0.255 e. The lowest BCUT2D eigenvalue weighted by Crippen LogP contribution is -2.34. The van der Waals surface area contributed by atoms with E-state index in [1.165, 1.54) is 6.07 Å². The molecule has 1 aliphatic heterocycles. The number of nitrogens with one attached hydrogen (secondary N) is 2. The Bertz CT molecular complexity index is 1470. The number of hydrogen-bond acceptors (Lipinski definition) is 6. The Morgan fingerprint density at radius 2 is 2.03 bits per heavy atom. The van der Waals surface area contributed by atoms with Crippen molar-refractivity contribution in [1.82, 2.24) is 14.9 Å². The van der Waals surface area contributed by atoms with E-state index in [4.69, 9.17) is 4.74 Å². The van der Waals surface area contributed by atoms with E-state index >= 15 is 0 Å². The fraction of sp³-hybridized carbons (Fsp3) is 0.300. The number of carbonyl (C=O) groups excluding carboxylic acids is 1. The Labute approximate surface area is 222 Å². The molecule has 0 spiro atoms. The molecule has 38 heavy (non-hydrogen) atoms. The van der Waals surface area contributed by atoms with Crippen LogP contribution in [0.3, 0.4) is 0 Å². The standard InChI is InChI=1S/C30H32FN5O2/c1-19-6-7-22(14-25(19)21-8-10-27-23(13-21)16-33-30(32-2)35-27)29(37)34-24-9-11-28(26(31)15-24)38-18-20-5-4-12-36(3)17-20/h6-11,13-16,20H,4-5,12,17-18H2,1-3H3,(H,34,37)(H,32,33,35). The zero-order valence-corrected chi connectivity index (χ0v) is 21.9. The Morgan fingerprint density at radius 3 is 2.82 bits per heavy atom. The molecular weight excluding hydrogens is 481 g/mol. The summed E-state index contributed by atoms with van der Waals surface area (Å²) >= 11 is 0. The molecule has 1 aliphatic rings. The lowest BCUT2D eigenvalue weighted by atomic mass is 9.97. The van der Waals surface area contributed by atoms with Crippen LogP contribution >= 0.6 is 0 Å². The summed E-state index contributed by atoms with van der Waals surface area (Å²) in [7, 11) is 3.88. The number of piperidine rings is 1. The Kier molecular flexibility index (Phi) is 7.51. The van der Waals surface area contributed by atoms with Crippen LogP contribution in [0.4, 0.5) is 16.0 Å². The number of carbonyl (C=O) groups is 1. The molecule has 2 N–H and O–H groups in total. The van der Waals surface area contributed by atoms with Gasteiger partial charge in [-0.15, -0.1) is 0 Å². The second kappa shape index (κ2) is 11.1. The monoisotopic (exact) mass is 513 g/mol. The van der Waals surface area contributed by atoms with Gasteiger partial charge in [-0.05, 0) is 86.4 Å².